The Bertz CT molecular complexity index is 1410. The fourth-order valence-corrected chi connectivity index (χ4v) is 4.76. The molecule has 0 radical (unpaired) electrons. The Hall–Kier alpha value is -3.90. The van der Waals surface area contributed by atoms with Crippen molar-refractivity contribution in [2.24, 2.45) is 0 Å². The molecule has 0 atom stereocenters. The molecule has 5 nitrogen and oxygen atoms in total. The van der Waals surface area contributed by atoms with Gasteiger partial charge in [0.25, 0.3) is 0 Å². The van der Waals surface area contributed by atoms with Gasteiger partial charge in [-0.15, -0.1) is 11.3 Å². The quantitative estimate of drug-likeness (QED) is 0.249. The van der Waals surface area contributed by atoms with Gasteiger partial charge in [0.05, 0.1) is 0 Å². The number of aryl methyl sites for hydroxylation is 2. The lowest BCUT2D eigenvalue weighted by molar-refractivity contribution is -0.131. The van der Waals surface area contributed by atoms with E-state index in [-0.39, 0.29) is 11.5 Å². The molecule has 1 aromatic heterocycles. The molecule has 0 bridgehead atoms. The number of fused-ring (bicyclic) bond motifs is 1. The molecule has 0 spiro atoms. The summed E-state index contributed by atoms with van der Waals surface area (Å²) in [5, 5.41) is 19.5. The van der Waals surface area contributed by atoms with Crippen molar-refractivity contribution in [2.45, 2.75) is 20.8 Å². The van der Waals surface area contributed by atoms with E-state index >= 15 is 0 Å². The number of rotatable bonds is 6. The largest absolute Gasteiger partial charge is 0.508 e. The Balaban J connectivity index is 1.79. The maximum absolute atomic E-state index is 13.6. The zero-order valence-electron chi connectivity index (χ0n) is 18.4. The van der Waals surface area contributed by atoms with E-state index in [9.17, 15) is 14.7 Å². The van der Waals surface area contributed by atoms with Gasteiger partial charge in [0.15, 0.2) is 5.75 Å². The number of phenolic OH excluding ortho intramolecular Hbond substituents is 1. The maximum Gasteiger partial charge on any atom is 0.328 e. The van der Waals surface area contributed by atoms with Gasteiger partial charge in [0.1, 0.15) is 16.4 Å². The van der Waals surface area contributed by atoms with Crippen molar-refractivity contribution < 1.29 is 24.5 Å². The lowest BCUT2D eigenvalue weighted by atomic mass is 9.96. The minimum absolute atomic E-state index is 0.117. The maximum atomic E-state index is 13.6. The molecule has 1 heterocycles. The lowest BCUT2D eigenvalue weighted by Crippen LogP contribution is -2.05. The Labute approximate surface area is 195 Å². The highest BCUT2D eigenvalue weighted by molar-refractivity contribution is 7.21. The Morgan fingerprint density at radius 1 is 0.970 bits per heavy atom. The number of carbonyl (C=O) groups excluding carboxylic acids is 1. The molecule has 33 heavy (non-hydrogen) atoms. The summed E-state index contributed by atoms with van der Waals surface area (Å²) in [5.74, 6) is -0.0792. The average molecular weight is 459 g/mol. The second-order valence-electron chi connectivity index (χ2n) is 7.87. The summed E-state index contributed by atoms with van der Waals surface area (Å²) >= 11 is 1.28. The van der Waals surface area contributed by atoms with E-state index in [0.717, 1.165) is 32.9 Å². The van der Waals surface area contributed by atoms with Crippen molar-refractivity contribution in [2.75, 3.05) is 0 Å². The molecule has 4 aromatic rings. The van der Waals surface area contributed by atoms with Gasteiger partial charge in [-0.25, -0.2) is 4.79 Å². The SMILES string of the molecule is Cc1cc(C)c(C)c(C(=O)c2sc3cc(O)ccc3c2Oc2ccc(/C=C/C(=O)O)cc2)c1. The van der Waals surface area contributed by atoms with Crippen LogP contribution in [0.25, 0.3) is 16.2 Å². The smallest absolute Gasteiger partial charge is 0.328 e. The summed E-state index contributed by atoms with van der Waals surface area (Å²) in [6.45, 7) is 5.88. The van der Waals surface area contributed by atoms with Gasteiger partial charge in [-0.3, -0.25) is 4.79 Å². The molecule has 0 aliphatic rings. The molecule has 0 saturated carbocycles. The van der Waals surface area contributed by atoms with E-state index in [2.05, 4.69) is 0 Å². The van der Waals surface area contributed by atoms with Crippen LogP contribution in [0.2, 0.25) is 0 Å². The van der Waals surface area contributed by atoms with Crippen molar-refractivity contribution in [1.29, 1.82) is 0 Å². The van der Waals surface area contributed by atoms with Crippen molar-refractivity contribution in [1.82, 2.24) is 0 Å². The van der Waals surface area contributed by atoms with E-state index in [0.29, 0.717) is 27.5 Å². The molecule has 0 saturated heterocycles. The lowest BCUT2D eigenvalue weighted by Gasteiger charge is -2.11. The summed E-state index contributed by atoms with van der Waals surface area (Å²) in [4.78, 5) is 24.8. The van der Waals surface area contributed by atoms with Crippen LogP contribution in [-0.4, -0.2) is 22.0 Å². The van der Waals surface area contributed by atoms with Crippen molar-refractivity contribution in [3.63, 3.8) is 0 Å². The number of hydrogen-bond acceptors (Lipinski definition) is 5. The number of phenols is 1. The molecule has 3 aromatic carbocycles. The van der Waals surface area contributed by atoms with Gasteiger partial charge in [-0.1, -0.05) is 23.8 Å². The first-order valence-corrected chi connectivity index (χ1v) is 11.1. The molecule has 2 N–H and O–H groups in total. The predicted molar refractivity (Wildman–Crippen MR) is 131 cm³/mol. The number of benzene rings is 3. The number of aromatic hydroxyl groups is 1. The molecule has 166 valence electrons. The molecule has 0 aliphatic carbocycles. The predicted octanol–water partition coefficient (Wildman–Crippen LogP) is 6.65. The average Bonchev–Trinajstić information content (AvgIpc) is 3.12. The minimum atomic E-state index is -1.02. The molecule has 0 amide bonds. The second-order valence-corrected chi connectivity index (χ2v) is 8.92. The van der Waals surface area contributed by atoms with Crippen LogP contribution in [-0.2, 0) is 4.79 Å². The van der Waals surface area contributed by atoms with E-state index in [1.54, 1.807) is 42.5 Å². The van der Waals surface area contributed by atoms with Gasteiger partial charge in [0.2, 0.25) is 5.78 Å². The number of ketones is 1. The number of carbonyl (C=O) groups is 2. The first kappa shape index (κ1) is 22.3. The number of hydrogen-bond donors (Lipinski definition) is 2. The van der Waals surface area contributed by atoms with Crippen LogP contribution in [0.1, 0.15) is 37.5 Å². The van der Waals surface area contributed by atoms with Gasteiger partial charge >= 0.3 is 5.97 Å². The summed E-state index contributed by atoms with van der Waals surface area (Å²) in [5.41, 5.74) is 4.32. The van der Waals surface area contributed by atoms with Gasteiger partial charge < -0.3 is 14.9 Å². The molecule has 0 fully saturated rings. The summed E-state index contributed by atoms with van der Waals surface area (Å²) in [7, 11) is 0. The fraction of sp³-hybridized carbons (Fsp3) is 0.111. The van der Waals surface area contributed by atoms with Gasteiger partial charge in [0, 0.05) is 21.7 Å². The number of aliphatic carboxylic acids is 1. The Morgan fingerprint density at radius 2 is 1.70 bits per heavy atom. The first-order chi connectivity index (χ1) is 15.7. The molecule has 4 rings (SSSR count). The second kappa shape index (κ2) is 8.92. The van der Waals surface area contributed by atoms with E-state index in [4.69, 9.17) is 9.84 Å². The van der Waals surface area contributed by atoms with Crippen LogP contribution in [0.4, 0.5) is 0 Å². The van der Waals surface area contributed by atoms with Crippen LogP contribution >= 0.6 is 11.3 Å². The zero-order chi connectivity index (χ0) is 23.7. The van der Waals surface area contributed by atoms with E-state index in [1.807, 2.05) is 32.9 Å². The summed E-state index contributed by atoms with van der Waals surface area (Å²) < 4.78 is 6.94. The third-order valence-corrected chi connectivity index (χ3v) is 6.54. The Morgan fingerprint density at radius 3 is 2.39 bits per heavy atom. The van der Waals surface area contributed by atoms with Crippen molar-refractivity contribution >= 4 is 39.3 Å². The third-order valence-electron chi connectivity index (χ3n) is 5.41. The fourth-order valence-electron chi connectivity index (χ4n) is 3.64. The normalized spacial score (nSPS) is 11.2. The minimum Gasteiger partial charge on any atom is -0.508 e. The molecule has 0 unspecified atom stereocenters. The standard InChI is InChI=1S/C27H22O5S/c1-15-12-16(2)17(3)22(13-15)25(31)27-26(21-10-7-19(28)14-23(21)33-27)32-20-8-4-18(5-9-20)6-11-24(29)30/h4-14,28H,1-3H3,(H,29,30)/b11-6+. The molecular weight excluding hydrogens is 436 g/mol. The summed E-state index contributed by atoms with van der Waals surface area (Å²) in [6.07, 6.45) is 2.56. The highest BCUT2D eigenvalue weighted by Gasteiger charge is 2.24. The number of carboxylic acid groups (broad SMARTS) is 1. The zero-order valence-corrected chi connectivity index (χ0v) is 19.2. The highest BCUT2D eigenvalue weighted by atomic mass is 32.1. The number of carboxylic acids is 1. The van der Waals surface area contributed by atoms with Crippen LogP contribution in [0.15, 0.2) is 60.7 Å². The number of ether oxygens (including phenoxy) is 1. The van der Waals surface area contributed by atoms with Crippen LogP contribution in [0, 0.1) is 20.8 Å². The first-order valence-electron chi connectivity index (χ1n) is 10.3. The van der Waals surface area contributed by atoms with Crippen LogP contribution in [0.5, 0.6) is 17.2 Å². The number of thiophene rings is 1. The highest BCUT2D eigenvalue weighted by Crippen LogP contribution is 2.43. The third kappa shape index (κ3) is 4.66. The van der Waals surface area contributed by atoms with Gasteiger partial charge in [-0.05, 0) is 79.9 Å². The monoisotopic (exact) mass is 458 g/mol. The molecule has 0 aliphatic heterocycles. The van der Waals surface area contributed by atoms with Crippen LogP contribution in [0.3, 0.4) is 0 Å². The van der Waals surface area contributed by atoms with E-state index in [1.165, 1.54) is 17.4 Å². The topological polar surface area (TPSA) is 83.8 Å². The summed E-state index contributed by atoms with van der Waals surface area (Å²) in [6, 6.07) is 15.8. The molecular formula is C27H22O5S. The Kier molecular flexibility index (Phi) is 6.03. The molecule has 6 heteroatoms. The van der Waals surface area contributed by atoms with Crippen molar-refractivity contribution in [3.05, 3.63) is 93.4 Å². The van der Waals surface area contributed by atoms with Crippen LogP contribution < -0.4 is 4.74 Å². The van der Waals surface area contributed by atoms with E-state index < -0.39 is 5.97 Å². The van der Waals surface area contributed by atoms with Gasteiger partial charge in [-0.2, -0.15) is 0 Å². The van der Waals surface area contributed by atoms with Crippen molar-refractivity contribution in [3.8, 4) is 17.2 Å².